The molecule has 3 aliphatic rings. The summed E-state index contributed by atoms with van der Waals surface area (Å²) in [7, 11) is 0. The van der Waals surface area contributed by atoms with Gasteiger partial charge in [-0.2, -0.15) is 0 Å². The SMILES string of the molecule is C=C1[C@H](O)CC(=C/C=C2\CCC[C@]3(C)[C@@H]([C@@H](C)OC[C@H](C)C(C)(C)O)CC[C@@H]23)C[C@H]1O. The van der Waals surface area contributed by atoms with E-state index in [9.17, 15) is 15.3 Å². The van der Waals surface area contributed by atoms with Crippen LogP contribution in [0.2, 0.25) is 0 Å². The Morgan fingerprint density at radius 1 is 1.16 bits per heavy atom. The maximum atomic E-state index is 10.2. The molecular formula is C27H44O4. The monoisotopic (exact) mass is 432 g/mol. The molecule has 3 rings (SSSR count). The van der Waals surface area contributed by atoms with E-state index in [0.29, 0.717) is 36.9 Å². The zero-order valence-electron chi connectivity index (χ0n) is 20.2. The molecule has 31 heavy (non-hydrogen) atoms. The first-order chi connectivity index (χ1) is 14.4. The van der Waals surface area contributed by atoms with Crippen molar-refractivity contribution in [2.24, 2.45) is 23.2 Å². The van der Waals surface area contributed by atoms with E-state index >= 15 is 0 Å². The molecule has 0 aromatic rings. The third-order valence-electron chi connectivity index (χ3n) is 8.72. The molecule has 0 saturated heterocycles. The number of fused-ring (bicyclic) bond motifs is 1. The Balaban J connectivity index is 1.68. The van der Waals surface area contributed by atoms with Gasteiger partial charge in [-0.1, -0.05) is 43.7 Å². The van der Waals surface area contributed by atoms with Gasteiger partial charge in [0.05, 0.1) is 30.5 Å². The summed E-state index contributed by atoms with van der Waals surface area (Å²) in [5.41, 5.74) is 2.71. The van der Waals surface area contributed by atoms with Gasteiger partial charge in [0.25, 0.3) is 0 Å². The molecule has 3 fully saturated rings. The quantitative estimate of drug-likeness (QED) is 0.520. The van der Waals surface area contributed by atoms with Crippen LogP contribution in [0.25, 0.3) is 0 Å². The average Bonchev–Trinajstić information content (AvgIpc) is 3.05. The Labute approximate surface area is 189 Å². The van der Waals surface area contributed by atoms with Gasteiger partial charge in [-0.15, -0.1) is 0 Å². The van der Waals surface area contributed by atoms with Crippen LogP contribution in [0.1, 0.15) is 79.6 Å². The molecular weight excluding hydrogens is 388 g/mol. The van der Waals surface area contributed by atoms with E-state index in [0.717, 1.165) is 12.0 Å². The summed E-state index contributed by atoms with van der Waals surface area (Å²) in [6.45, 7) is 14.8. The van der Waals surface area contributed by atoms with E-state index in [-0.39, 0.29) is 17.4 Å². The van der Waals surface area contributed by atoms with Crippen LogP contribution in [0.15, 0.2) is 35.5 Å². The molecule has 7 atom stereocenters. The predicted octanol–water partition coefficient (Wildman–Crippen LogP) is 4.94. The lowest BCUT2D eigenvalue weighted by Crippen LogP contribution is -2.40. The van der Waals surface area contributed by atoms with Crippen LogP contribution >= 0.6 is 0 Å². The van der Waals surface area contributed by atoms with Gasteiger partial charge >= 0.3 is 0 Å². The van der Waals surface area contributed by atoms with Gasteiger partial charge in [-0.3, -0.25) is 0 Å². The minimum absolute atomic E-state index is 0.102. The summed E-state index contributed by atoms with van der Waals surface area (Å²) >= 11 is 0. The number of rotatable bonds is 6. The van der Waals surface area contributed by atoms with Crippen LogP contribution < -0.4 is 0 Å². The van der Waals surface area contributed by atoms with E-state index in [4.69, 9.17) is 4.74 Å². The molecule has 3 N–H and O–H groups in total. The first-order valence-corrected chi connectivity index (χ1v) is 12.2. The molecule has 3 aliphatic carbocycles. The maximum absolute atomic E-state index is 10.2. The van der Waals surface area contributed by atoms with Gasteiger partial charge < -0.3 is 20.1 Å². The smallest absolute Gasteiger partial charge is 0.0809 e. The van der Waals surface area contributed by atoms with Crippen molar-refractivity contribution < 1.29 is 20.1 Å². The highest BCUT2D eigenvalue weighted by atomic mass is 16.5. The Hall–Kier alpha value is -0.940. The summed E-state index contributed by atoms with van der Waals surface area (Å²) in [5, 5.41) is 30.5. The third kappa shape index (κ3) is 5.35. The molecule has 0 aromatic carbocycles. The first-order valence-electron chi connectivity index (χ1n) is 12.2. The van der Waals surface area contributed by atoms with Gasteiger partial charge in [0, 0.05) is 5.92 Å². The molecule has 0 heterocycles. The molecule has 4 heteroatoms. The van der Waals surface area contributed by atoms with Crippen molar-refractivity contribution in [3.05, 3.63) is 35.5 Å². The molecule has 0 radical (unpaired) electrons. The second kappa shape index (κ2) is 9.51. The predicted molar refractivity (Wildman–Crippen MR) is 126 cm³/mol. The summed E-state index contributed by atoms with van der Waals surface area (Å²) in [6.07, 6.45) is 10.5. The largest absolute Gasteiger partial charge is 0.390 e. The van der Waals surface area contributed by atoms with Crippen molar-refractivity contribution in [1.29, 1.82) is 0 Å². The molecule has 176 valence electrons. The van der Waals surface area contributed by atoms with E-state index in [1.54, 1.807) is 0 Å². The summed E-state index contributed by atoms with van der Waals surface area (Å²) < 4.78 is 6.30. The van der Waals surface area contributed by atoms with Gasteiger partial charge in [-0.25, -0.2) is 0 Å². The van der Waals surface area contributed by atoms with E-state index < -0.39 is 17.8 Å². The number of aliphatic hydroxyl groups excluding tert-OH is 2. The lowest BCUT2D eigenvalue weighted by Gasteiger charge is -2.44. The van der Waals surface area contributed by atoms with Gasteiger partial charge in [-0.05, 0) is 88.5 Å². The third-order valence-corrected chi connectivity index (χ3v) is 8.72. The summed E-state index contributed by atoms with van der Waals surface area (Å²) in [6, 6.07) is 0. The van der Waals surface area contributed by atoms with Gasteiger partial charge in [0.1, 0.15) is 0 Å². The van der Waals surface area contributed by atoms with Crippen molar-refractivity contribution in [1.82, 2.24) is 0 Å². The molecule has 0 spiro atoms. The molecule has 0 amide bonds. The van der Waals surface area contributed by atoms with Crippen molar-refractivity contribution in [3.63, 3.8) is 0 Å². The number of aliphatic hydroxyl groups is 3. The Bertz CT molecular complexity index is 699. The highest BCUT2D eigenvalue weighted by Gasteiger charge is 2.51. The average molecular weight is 433 g/mol. The van der Waals surface area contributed by atoms with Crippen molar-refractivity contribution in [2.45, 2.75) is 103 Å². The number of allylic oxidation sites excluding steroid dienone is 3. The molecule has 3 saturated carbocycles. The molecule has 0 aliphatic heterocycles. The summed E-state index contributed by atoms with van der Waals surface area (Å²) in [5.74, 6) is 1.21. The standard InChI is InChI=1S/C27H44O4/c1-17(26(4,5)30)16-31-19(3)22-11-12-23-21(8-7-13-27(22,23)6)10-9-20-14-24(28)18(2)25(29)15-20/h9-10,17,19,22-25,28-30H,2,7-8,11-16H2,1,3-6H3/b21-10+/t17-,19+,22+,23-,24+,25+,27+/m0/s1. The van der Waals surface area contributed by atoms with Crippen LogP contribution in [-0.4, -0.2) is 45.8 Å². The topological polar surface area (TPSA) is 69.9 Å². The van der Waals surface area contributed by atoms with Gasteiger partial charge in [0.15, 0.2) is 0 Å². The molecule has 0 aromatic heterocycles. The first kappa shape index (κ1) is 24.7. The normalized spacial score (nSPS) is 37.6. The maximum Gasteiger partial charge on any atom is 0.0809 e. The minimum atomic E-state index is -0.720. The molecule has 0 bridgehead atoms. The Morgan fingerprint density at radius 3 is 2.42 bits per heavy atom. The zero-order valence-corrected chi connectivity index (χ0v) is 20.2. The minimum Gasteiger partial charge on any atom is -0.390 e. The second-order valence-electron chi connectivity index (χ2n) is 11.3. The van der Waals surface area contributed by atoms with Crippen LogP contribution in [0, 0.1) is 23.2 Å². The highest BCUT2D eigenvalue weighted by Crippen LogP contribution is 2.58. The van der Waals surface area contributed by atoms with Crippen LogP contribution in [-0.2, 0) is 4.74 Å². The summed E-state index contributed by atoms with van der Waals surface area (Å²) in [4.78, 5) is 0. The fourth-order valence-electron chi connectivity index (χ4n) is 6.09. The Morgan fingerprint density at radius 2 is 1.81 bits per heavy atom. The number of ether oxygens (including phenoxy) is 1. The second-order valence-corrected chi connectivity index (χ2v) is 11.3. The van der Waals surface area contributed by atoms with Gasteiger partial charge in [0.2, 0.25) is 0 Å². The zero-order chi connectivity index (χ0) is 23.0. The van der Waals surface area contributed by atoms with E-state index in [1.165, 1.54) is 31.3 Å². The van der Waals surface area contributed by atoms with Crippen LogP contribution in [0.5, 0.6) is 0 Å². The lowest BCUT2D eigenvalue weighted by molar-refractivity contribution is -0.0720. The van der Waals surface area contributed by atoms with E-state index in [1.807, 2.05) is 13.8 Å². The van der Waals surface area contributed by atoms with E-state index in [2.05, 4.69) is 39.5 Å². The highest BCUT2D eigenvalue weighted by molar-refractivity contribution is 5.29. The fourth-order valence-corrected chi connectivity index (χ4v) is 6.09. The van der Waals surface area contributed by atoms with Crippen molar-refractivity contribution in [3.8, 4) is 0 Å². The van der Waals surface area contributed by atoms with Crippen LogP contribution in [0.3, 0.4) is 0 Å². The lowest BCUT2D eigenvalue weighted by atomic mass is 9.62. The number of hydrogen-bond donors (Lipinski definition) is 3. The Kier molecular flexibility index (Phi) is 7.57. The van der Waals surface area contributed by atoms with Crippen molar-refractivity contribution in [2.75, 3.05) is 6.61 Å². The fraction of sp³-hybridized carbons (Fsp3) is 0.778. The molecule has 4 nitrogen and oxygen atoms in total. The van der Waals surface area contributed by atoms with Crippen LogP contribution in [0.4, 0.5) is 0 Å². The molecule has 0 unspecified atom stereocenters. The number of hydrogen-bond acceptors (Lipinski definition) is 4. The van der Waals surface area contributed by atoms with Crippen molar-refractivity contribution >= 4 is 0 Å².